The van der Waals surface area contributed by atoms with Crippen LogP contribution in [0.2, 0.25) is 0 Å². The van der Waals surface area contributed by atoms with Gasteiger partial charge in [-0.05, 0) is 42.5 Å². The zero-order valence-corrected chi connectivity index (χ0v) is 17.4. The van der Waals surface area contributed by atoms with Crippen LogP contribution in [0, 0.1) is 5.41 Å². The molecular formula is C22H27NO6. The zero-order valence-electron chi connectivity index (χ0n) is 17.4. The lowest BCUT2D eigenvalue weighted by Gasteiger charge is -2.31. The monoisotopic (exact) mass is 401 g/mol. The maximum atomic E-state index is 12.7. The van der Waals surface area contributed by atoms with Crippen molar-refractivity contribution in [3.63, 3.8) is 0 Å². The van der Waals surface area contributed by atoms with E-state index in [2.05, 4.69) is 4.99 Å². The first-order chi connectivity index (χ1) is 13.6. The first-order valence-corrected chi connectivity index (χ1v) is 9.24. The van der Waals surface area contributed by atoms with Gasteiger partial charge in [-0.15, -0.1) is 0 Å². The molecule has 1 saturated carbocycles. The van der Waals surface area contributed by atoms with Crippen molar-refractivity contribution in [3.05, 3.63) is 41.2 Å². The van der Waals surface area contributed by atoms with Crippen LogP contribution in [0.3, 0.4) is 0 Å². The molecule has 7 heteroatoms. The summed E-state index contributed by atoms with van der Waals surface area (Å²) in [5.74, 6) is -0.472. The molecule has 2 rings (SSSR count). The van der Waals surface area contributed by atoms with Gasteiger partial charge in [0.05, 0.1) is 25.5 Å². The van der Waals surface area contributed by atoms with Gasteiger partial charge >= 0.3 is 5.97 Å². The molecule has 1 fully saturated rings. The standard InChI is InChI=1S/C22H27NO6/c1-13(21(26)27)23-15-11-22(2,3)12-17(25)20(15)16(24)8-6-14-7-9-18(28-4)19(10-14)29-5/h6-10,13,24H,11-12H2,1-5H3,(H,26,27)/b8-6+,20-16?,23-15?. The van der Waals surface area contributed by atoms with Crippen molar-refractivity contribution in [2.45, 2.75) is 39.7 Å². The van der Waals surface area contributed by atoms with Crippen molar-refractivity contribution >= 4 is 23.5 Å². The molecule has 0 radical (unpaired) electrons. The number of aliphatic imine (C=N–C) groups is 1. The second-order valence-corrected chi connectivity index (χ2v) is 7.74. The van der Waals surface area contributed by atoms with Crippen LogP contribution < -0.4 is 9.47 Å². The van der Waals surface area contributed by atoms with Crippen molar-refractivity contribution in [2.24, 2.45) is 10.4 Å². The number of allylic oxidation sites excluding steroid dienone is 2. The summed E-state index contributed by atoms with van der Waals surface area (Å²) in [5.41, 5.74) is 0.769. The molecule has 1 unspecified atom stereocenters. The minimum atomic E-state index is -1.09. The molecule has 0 spiro atoms. The second-order valence-electron chi connectivity index (χ2n) is 7.74. The van der Waals surface area contributed by atoms with E-state index in [0.29, 0.717) is 23.6 Å². The van der Waals surface area contributed by atoms with Crippen LogP contribution in [0.15, 0.2) is 40.6 Å². The molecule has 0 bridgehead atoms. The van der Waals surface area contributed by atoms with Gasteiger partial charge < -0.3 is 19.7 Å². The predicted octanol–water partition coefficient (Wildman–Crippen LogP) is 3.83. The average molecular weight is 401 g/mol. The van der Waals surface area contributed by atoms with Gasteiger partial charge in [0, 0.05) is 6.42 Å². The summed E-state index contributed by atoms with van der Waals surface area (Å²) >= 11 is 0. The minimum absolute atomic E-state index is 0.0779. The Bertz CT molecular complexity index is 895. The largest absolute Gasteiger partial charge is 0.507 e. The van der Waals surface area contributed by atoms with Gasteiger partial charge in [0.1, 0.15) is 11.8 Å². The molecule has 1 atom stereocenters. The molecule has 0 saturated heterocycles. The highest BCUT2D eigenvalue weighted by atomic mass is 16.5. The van der Waals surface area contributed by atoms with Crippen LogP contribution in [0.4, 0.5) is 0 Å². The summed E-state index contributed by atoms with van der Waals surface area (Å²) < 4.78 is 10.5. The van der Waals surface area contributed by atoms with Crippen molar-refractivity contribution in [1.29, 1.82) is 0 Å². The van der Waals surface area contributed by atoms with E-state index in [0.717, 1.165) is 5.56 Å². The molecule has 156 valence electrons. The highest BCUT2D eigenvalue weighted by molar-refractivity contribution is 6.25. The lowest BCUT2D eigenvalue weighted by Crippen LogP contribution is -2.33. The Morgan fingerprint density at radius 3 is 2.41 bits per heavy atom. The number of methoxy groups -OCH3 is 2. The fourth-order valence-electron chi connectivity index (χ4n) is 3.19. The van der Waals surface area contributed by atoms with E-state index >= 15 is 0 Å². The molecule has 1 aliphatic carbocycles. The van der Waals surface area contributed by atoms with Gasteiger partial charge in [-0.2, -0.15) is 0 Å². The van der Waals surface area contributed by atoms with Crippen LogP contribution in [0.5, 0.6) is 11.5 Å². The number of carbonyl (C=O) groups excluding carboxylic acids is 1. The van der Waals surface area contributed by atoms with E-state index in [1.54, 1.807) is 31.4 Å². The molecule has 2 N–H and O–H groups in total. The van der Waals surface area contributed by atoms with E-state index in [9.17, 15) is 19.8 Å². The number of carbonyl (C=O) groups is 2. The number of Topliss-reactive ketones (excluding diaryl/α,β-unsaturated/α-hetero) is 1. The van der Waals surface area contributed by atoms with E-state index in [4.69, 9.17) is 9.47 Å². The van der Waals surface area contributed by atoms with Crippen LogP contribution in [0.25, 0.3) is 6.08 Å². The number of hydrogen-bond donors (Lipinski definition) is 2. The molecule has 1 aromatic carbocycles. The molecule has 7 nitrogen and oxygen atoms in total. The Kier molecular flexibility index (Phi) is 6.84. The van der Waals surface area contributed by atoms with Crippen LogP contribution >= 0.6 is 0 Å². The Labute approximate surface area is 170 Å². The first-order valence-electron chi connectivity index (χ1n) is 9.24. The molecule has 1 aromatic rings. The van der Waals surface area contributed by atoms with Gasteiger partial charge in [0.25, 0.3) is 0 Å². The fourth-order valence-corrected chi connectivity index (χ4v) is 3.19. The summed E-state index contributed by atoms with van der Waals surface area (Å²) in [6.45, 7) is 5.27. The fraction of sp³-hybridized carbons (Fsp3) is 0.409. The first kappa shape index (κ1) is 22.2. The lowest BCUT2D eigenvalue weighted by atomic mass is 9.73. The van der Waals surface area contributed by atoms with E-state index in [1.165, 1.54) is 20.1 Å². The number of hydrogen-bond acceptors (Lipinski definition) is 6. The van der Waals surface area contributed by atoms with E-state index in [1.807, 2.05) is 13.8 Å². The third kappa shape index (κ3) is 5.47. The third-order valence-corrected chi connectivity index (χ3v) is 4.66. The number of ether oxygens (including phenoxy) is 2. The summed E-state index contributed by atoms with van der Waals surface area (Å²) in [4.78, 5) is 28.1. The molecule has 29 heavy (non-hydrogen) atoms. The zero-order chi connectivity index (χ0) is 21.8. The highest BCUT2D eigenvalue weighted by Crippen LogP contribution is 2.36. The number of aliphatic carboxylic acids is 1. The SMILES string of the molecule is COc1ccc(/C=C/C(O)=C2C(=O)CC(C)(C)CC2=NC(C)C(=O)O)cc1OC. The van der Waals surface area contributed by atoms with Gasteiger partial charge in [-0.1, -0.05) is 26.0 Å². The molecule has 0 aromatic heterocycles. The predicted molar refractivity (Wildman–Crippen MR) is 111 cm³/mol. The molecule has 0 heterocycles. The van der Waals surface area contributed by atoms with Crippen LogP contribution in [-0.2, 0) is 9.59 Å². The Hall–Kier alpha value is -3.09. The quantitative estimate of drug-likeness (QED) is 0.554. The molecule has 1 aliphatic rings. The Morgan fingerprint density at radius 1 is 1.17 bits per heavy atom. The summed E-state index contributed by atoms with van der Waals surface area (Å²) in [6, 6.07) is 4.24. The Balaban J connectivity index is 2.44. The van der Waals surface area contributed by atoms with Crippen LogP contribution in [0.1, 0.15) is 39.2 Å². The number of carboxylic acid groups (broad SMARTS) is 1. The van der Waals surface area contributed by atoms with Crippen LogP contribution in [-0.4, -0.2) is 47.9 Å². The van der Waals surface area contributed by atoms with Crippen molar-refractivity contribution in [1.82, 2.24) is 0 Å². The third-order valence-electron chi connectivity index (χ3n) is 4.66. The van der Waals surface area contributed by atoms with Gasteiger partial charge in [-0.3, -0.25) is 9.79 Å². The number of ketones is 1. The topological polar surface area (TPSA) is 105 Å². The number of carboxylic acids is 1. The minimum Gasteiger partial charge on any atom is -0.507 e. The van der Waals surface area contributed by atoms with Gasteiger partial charge in [0.2, 0.25) is 0 Å². The van der Waals surface area contributed by atoms with Crippen molar-refractivity contribution < 1.29 is 29.3 Å². The summed E-state index contributed by atoms with van der Waals surface area (Å²) in [5, 5.41) is 19.8. The average Bonchev–Trinajstić information content (AvgIpc) is 2.64. The number of aliphatic hydroxyl groups excluding tert-OH is 1. The number of nitrogens with zero attached hydrogens (tertiary/aromatic N) is 1. The number of rotatable bonds is 6. The van der Waals surface area contributed by atoms with Crippen molar-refractivity contribution in [2.75, 3.05) is 14.2 Å². The van der Waals surface area contributed by atoms with E-state index in [-0.39, 0.29) is 29.0 Å². The normalized spacial score (nSPS) is 20.6. The smallest absolute Gasteiger partial charge is 0.328 e. The Morgan fingerprint density at radius 2 is 1.83 bits per heavy atom. The van der Waals surface area contributed by atoms with E-state index < -0.39 is 12.0 Å². The van der Waals surface area contributed by atoms with Gasteiger partial charge in [-0.25, -0.2) is 4.79 Å². The van der Waals surface area contributed by atoms with Crippen molar-refractivity contribution in [3.8, 4) is 11.5 Å². The molecule has 0 amide bonds. The number of benzene rings is 1. The maximum absolute atomic E-state index is 12.7. The summed E-state index contributed by atoms with van der Waals surface area (Å²) in [6.07, 6.45) is 3.69. The van der Waals surface area contributed by atoms with Gasteiger partial charge in [0.15, 0.2) is 17.3 Å². The summed E-state index contributed by atoms with van der Waals surface area (Å²) in [7, 11) is 3.07. The maximum Gasteiger partial charge on any atom is 0.328 e. The number of aliphatic hydroxyl groups is 1. The molecular weight excluding hydrogens is 374 g/mol. The highest BCUT2D eigenvalue weighted by Gasteiger charge is 2.36. The second kappa shape index (κ2) is 8.94. The lowest BCUT2D eigenvalue weighted by molar-refractivity contribution is -0.138. The molecule has 0 aliphatic heterocycles.